The van der Waals surface area contributed by atoms with Gasteiger partial charge in [-0.2, -0.15) is 0 Å². The van der Waals surface area contributed by atoms with E-state index in [1.54, 1.807) is 29.2 Å². The van der Waals surface area contributed by atoms with Gasteiger partial charge in [0.15, 0.2) is 0 Å². The second-order valence-corrected chi connectivity index (χ2v) is 2.54. The molecule has 1 aromatic heterocycles. The smallest absolute Gasteiger partial charge is 0.0267 e. The average molecular weight is 197 g/mol. The molecule has 0 aliphatic rings. The molecule has 1 nitrogen and oxygen atoms in total. The van der Waals surface area contributed by atoms with Crippen LogP contribution in [0, 0.1) is 0 Å². The minimum absolute atomic E-state index is 1.15. The van der Waals surface area contributed by atoms with Crippen LogP contribution in [0.5, 0.6) is 0 Å². The first-order valence-corrected chi connectivity index (χ1v) is 4.79. The van der Waals surface area contributed by atoms with Crippen molar-refractivity contribution in [3.05, 3.63) is 43.2 Å². The van der Waals surface area contributed by atoms with Crippen LogP contribution < -0.4 is 0 Å². The van der Waals surface area contributed by atoms with E-state index in [0.29, 0.717) is 0 Å². The quantitative estimate of drug-likeness (QED) is 0.488. The number of rotatable bonds is 1. The molecule has 54 valence electrons. The number of hydrogen-bond donors (Lipinski definition) is 0. The second kappa shape index (κ2) is 8.45. The van der Waals surface area contributed by atoms with Crippen molar-refractivity contribution in [3.8, 4) is 0 Å². The first kappa shape index (κ1) is 9.45. The third kappa shape index (κ3) is 7.45. The molecule has 1 atom stereocenters. The van der Waals surface area contributed by atoms with Gasteiger partial charge in [-0.15, -0.1) is 0 Å². The molecule has 0 aliphatic carbocycles. The number of hydrogen-bond acceptors (Lipinski definition) is 1. The van der Waals surface area contributed by atoms with E-state index in [2.05, 4.69) is 11.6 Å². The van der Waals surface area contributed by atoms with Gasteiger partial charge in [0, 0.05) is 12.4 Å². The van der Waals surface area contributed by atoms with Crippen molar-refractivity contribution in [1.82, 2.24) is 4.98 Å². The summed E-state index contributed by atoms with van der Waals surface area (Å²) in [6.45, 7) is 3.49. The largest absolute Gasteiger partial charge is 0.265 e. The zero-order chi connectivity index (χ0) is 7.66. The van der Waals surface area contributed by atoms with Crippen molar-refractivity contribution in [2.24, 2.45) is 0 Å². The molecule has 1 aromatic rings. The molecule has 0 spiro atoms. The van der Waals surface area contributed by atoms with Crippen molar-refractivity contribution >= 4 is 16.9 Å². The van der Waals surface area contributed by atoms with Gasteiger partial charge in [-0.25, -0.2) is 0 Å². The molecule has 0 N–H and O–H groups in total. The number of aromatic nitrogens is 1. The van der Waals surface area contributed by atoms with Gasteiger partial charge in [-0.05, 0) is 12.1 Å². The van der Waals surface area contributed by atoms with Gasteiger partial charge < -0.3 is 0 Å². The van der Waals surface area contributed by atoms with Gasteiger partial charge in [-0.3, -0.25) is 4.98 Å². The summed E-state index contributed by atoms with van der Waals surface area (Å²) in [6.07, 6.45) is 5.40. The summed E-state index contributed by atoms with van der Waals surface area (Å²) in [7, 11) is 0. The third-order valence-electron chi connectivity index (χ3n) is 0.733. The maximum Gasteiger partial charge on any atom is 0.0267 e. The number of nitrogens with zero attached hydrogens (tertiary/aromatic N) is 1. The molecule has 10 heavy (non-hydrogen) atoms. The Morgan fingerprint density at radius 3 is 1.90 bits per heavy atom. The average Bonchev–Trinajstić information content (AvgIpc) is 2.08. The van der Waals surface area contributed by atoms with E-state index in [9.17, 15) is 0 Å². The molecule has 0 radical (unpaired) electrons. The summed E-state index contributed by atoms with van der Waals surface area (Å²) in [5, 5.41) is 1.15. The Bertz CT molecular complexity index is 124. The van der Waals surface area contributed by atoms with E-state index in [4.69, 9.17) is 0 Å². The number of allylic oxidation sites excluding steroid dienone is 1. The molecule has 1 unspecified atom stereocenters. The van der Waals surface area contributed by atoms with Crippen LogP contribution in [0.15, 0.2) is 43.2 Å². The zero-order valence-electron chi connectivity index (χ0n) is 5.90. The number of pyridine rings is 1. The molecule has 0 fully saturated rings. The van der Waals surface area contributed by atoms with E-state index >= 15 is 0 Å². The molecule has 0 saturated heterocycles. The van der Waals surface area contributed by atoms with E-state index in [0.717, 1.165) is 5.21 Å². The minimum atomic E-state index is 1.15. The standard InChI is InChI=1S/C5H5N.C3H7As/c1-2-4-6-5-3-1;1-2-3-4/h1-5H;2H,1,3-4H2. The third-order valence-corrected chi connectivity index (χ3v) is 1.43. The van der Waals surface area contributed by atoms with Crippen LogP contribution in [-0.2, 0) is 0 Å². The molecule has 0 bridgehead atoms. The van der Waals surface area contributed by atoms with Gasteiger partial charge in [0.25, 0.3) is 0 Å². The molecule has 0 aromatic carbocycles. The van der Waals surface area contributed by atoms with Crippen molar-refractivity contribution < 1.29 is 0 Å². The molecule has 0 aliphatic heterocycles. The predicted molar refractivity (Wildman–Crippen MR) is 47.8 cm³/mol. The summed E-state index contributed by atoms with van der Waals surface area (Å²) in [5.41, 5.74) is 0. The van der Waals surface area contributed by atoms with Crippen molar-refractivity contribution in [2.45, 2.75) is 5.21 Å². The van der Waals surface area contributed by atoms with Gasteiger partial charge in [-0.1, -0.05) is 6.07 Å². The van der Waals surface area contributed by atoms with Crippen molar-refractivity contribution in [3.63, 3.8) is 0 Å². The topological polar surface area (TPSA) is 12.9 Å². The fourth-order valence-corrected chi connectivity index (χ4v) is 0.313. The van der Waals surface area contributed by atoms with Crippen LogP contribution in [-0.4, -0.2) is 21.8 Å². The minimum Gasteiger partial charge on any atom is -0.265 e. The first-order valence-electron chi connectivity index (χ1n) is 3.07. The van der Waals surface area contributed by atoms with Crippen LogP contribution in [0.4, 0.5) is 0 Å². The van der Waals surface area contributed by atoms with Crippen LogP contribution in [0.25, 0.3) is 0 Å². The van der Waals surface area contributed by atoms with Crippen LogP contribution in [0.3, 0.4) is 0 Å². The molecule has 2 heteroatoms. The van der Waals surface area contributed by atoms with E-state index in [-0.39, 0.29) is 0 Å². The predicted octanol–water partition coefficient (Wildman–Crippen LogP) is 1.31. The molecular weight excluding hydrogens is 185 g/mol. The summed E-state index contributed by atoms with van der Waals surface area (Å²) >= 11 is 1.71. The van der Waals surface area contributed by atoms with Gasteiger partial charge in [0.05, 0.1) is 0 Å². The maximum atomic E-state index is 3.78. The van der Waals surface area contributed by atoms with Gasteiger partial charge in [0.1, 0.15) is 0 Å². The fourth-order valence-electron chi connectivity index (χ4n) is 0.313. The Balaban J connectivity index is 0.000000180. The molecule has 0 saturated carbocycles. The van der Waals surface area contributed by atoms with E-state index < -0.39 is 0 Å². The Labute approximate surface area is 70.7 Å². The Morgan fingerprint density at radius 2 is 1.80 bits per heavy atom. The van der Waals surface area contributed by atoms with Crippen LogP contribution >= 0.6 is 0 Å². The Hall–Kier alpha value is -0.552. The van der Waals surface area contributed by atoms with E-state index in [1.807, 2.05) is 24.3 Å². The van der Waals surface area contributed by atoms with Crippen molar-refractivity contribution in [2.75, 3.05) is 0 Å². The second-order valence-electron chi connectivity index (χ2n) is 1.55. The van der Waals surface area contributed by atoms with Crippen molar-refractivity contribution in [1.29, 1.82) is 0 Å². The van der Waals surface area contributed by atoms with Crippen LogP contribution in [0.2, 0.25) is 5.21 Å². The Kier molecular flexibility index (Phi) is 7.98. The molecular formula is C8H12AsN. The van der Waals surface area contributed by atoms with Crippen LogP contribution in [0.1, 0.15) is 0 Å². The molecule has 1 rings (SSSR count). The van der Waals surface area contributed by atoms with E-state index in [1.165, 1.54) is 0 Å². The van der Waals surface area contributed by atoms with Gasteiger partial charge in [0.2, 0.25) is 0 Å². The molecule has 1 heterocycles. The SMILES string of the molecule is C=CC[AsH2].c1ccncc1. The maximum absolute atomic E-state index is 3.78. The zero-order valence-corrected chi connectivity index (χ0v) is 8.33. The Morgan fingerprint density at radius 1 is 1.30 bits per heavy atom. The summed E-state index contributed by atoms with van der Waals surface area (Å²) in [4.78, 5) is 3.78. The normalized spacial score (nSPS) is 7.30. The molecule has 0 amide bonds. The monoisotopic (exact) mass is 197 g/mol. The summed E-state index contributed by atoms with van der Waals surface area (Å²) in [5.74, 6) is 0. The summed E-state index contributed by atoms with van der Waals surface area (Å²) < 4.78 is 0. The van der Waals surface area contributed by atoms with Gasteiger partial charge >= 0.3 is 34.7 Å². The fraction of sp³-hybridized carbons (Fsp3) is 0.125. The first-order chi connectivity index (χ1) is 4.91. The summed E-state index contributed by atoms with van der Waals surface area (Å²) in [6, 6.07) is 5.72.